The SMILES string of the molecule is CCCCC(C(CCCC)N1CCOCC1)N1CCOCC1. The Morgan fingerprint density at radius 2 is 1.05 bits per heavy atom. The maximum Gasteiger partial charge on any atom is 0.0594 e. The minimum Gasteiger partial charge on any atom is -0.379 e. The summed E-state index contributed by atoms with van der Waals surface area (Å²) in [5.74, 6) is 0. The number of ether oxygens (including phenoxy) is 2. The average Bonchev–Trinajstić information content (AvgIpc) is 2.59. The minimum atomic E-state index is 0.702. The summed E-state index contributed by atoms with van der Waals surface area (Å²) < 4.78 is 11.2. The maximum atomic E-state index is 5.59. The summed E-state index contributed by atoms with van der Waals surface area (Å²) in [6.45, 7) is 12.7. The summed E-state index contributed by atoms with van der Waals surface area (Å²) in [6.07, 6.45) is 7.95. The number of nitrogens with zero attached hydrogens (tertiary/aromatic N) is 2. The van der Waals surface area contributed by atoms with Crippen LogP contribution in [0.25, 0.3) is 0 Å². The summed E-state index contributed by atoms with van der Waals surface area (Å²) in [6, 6.07) is 1.40. The molecule has 0 amide bonds. The first-order chi connectivity index (χ1) is 10.9. The van der Waals surface area contributed by atoms with Gasteiger partial charge in [-0.15, -0.1) is 0 Å². The lowest BCUT2D eigenvalue weighted by Gasteiger charge is -2.45. The second-order valence-corrected chi connectivity index (χ2v) is 6.72. The molecule has 0 saturated carbocycles. The molecular formula is C18H36N2O2. The van der Waals surface area contributed by atoms with Crippen LogP contribution in [0.3, 0.4) is 0 Å². The van der Waals surface area contributed by atoms with Crippen LogP contribution < -0.4 is 0 Å². The van der Waals surface area contributed by atoms with Crippen LogP contribution in [0.5, 0.6) is 0 Å². The largest absolute Gasteiger partial charge is 0.379 e. The lowest BCUT2D eigenvalue weighted by Crippen LogP contribution is -2.56. The first-order valence-corrected chi connectivity index (χ1v) is 9.50. The van der Waals surface area contributed by atoms with Crippen LogP contribution in [0.1, 0.15) is 52.4 Å². The zero-order chi connectivity index (χ0) is 15.6. The van der Waals surface area contributed by atoms with Crippen molar-refractivity contribution in [2.75, 3.05) is 52.6 Å². The molecule has 0 bridgehead atoms. The smallest absolute Gasteiger partial charge is 0.0594 e. The second-order valence-electron chi connectivity index (χ2n) is 6.72. The third-order valence-electron chi connectivity index (χ3n) is 5.18. The summed E-state index contributed by atoms with van der Waals surface area (Å²) in [5.41, 5.74) is 0. The zero-order valence-corrected chi connectivity index (χ0v) is 14.8. The van der Waals surface area contributed by atoms with E-state index in [1.54, 1.807) is 0 Å². The van der Waals surface area contributed by atoms with Crippen molar-refractivity contribution in [3.63, 3.8) is 0 Å². The van der Waals surface area contributed by atoms with E-state index in [1.807, 2.05) is 0 Å². The normalized spacial score (nSPS) is 24.3. The van der Waals surface area contributed by atoms with E-state index in [2.05, 4.69) is 23.6 Å². The van der Waals surface area contributed by atoms with Crippen molar-refractivity contribution in [2.45, 2.75) is 64.5 Å². The monoisotopic (exact) mass is 312 g/mol. The van der Waals surface area contributed by atoms with Crippen LogP contribution in [0.4, 0.5) is 0 Å². The Morgan fingerprint density at radius 3 is 1.36 bits per heavy atom. The van der Waals surface area contributed by atoms with Crippen molar-refractivity contribution in [2.24, 2.45) is 0 Å². The first-order valence-electron chi connectivity index (χ1n) is 9.50. The van der Waals surface area contributed by atoms with E-state index in [0.717, 1.165) is 52.6 Å². The van der Waals surface area contributed by atoms with E-state index >= 15 is 0 Å². The first kappa shape index (κ1) is 18.2. The Labute approximate surface area is 137 Å². The highest BCUT2D eigenvalue weighted by Crippen LogP contribution is 2.23. The maximum absolute atomic E-state index is 5.59. The lowest BCUT2D eigenvalue weighted by atomic mass is 9.93. The van der Waals surface area contributed by atoms with Gasteiger partial charge in [0.1, 0.15) is 0 Å². The fraction of sp³-hybridized carbons (Fsp3) is 1.00. The fourth-order valence-electron chi connectivity index (χ4n) is 3.88. The van der Waals surface area contributed by atoms with Gasteiger partial charge in [-0.2, -0.15) is 0 Å². The fourth-order valence-corrected chi connectivity index (χ4v) is 3.88. The summed E-state index contributed by atoms with van der Waals surface area (Å²) in [4.78, 5) is 5.43. The summed E-state index contributed by atoms with van der Waals surface area (Å²) >= 11 is 0. The van der Waals surface area contributed by atoms with Gasteiger partial charge in [-0.3, -0.25) is 9.80 Å². The topological polar surface area (TPSA) is 24.9 Å². The van der Waals surface area contributed by atoms with Crippen LogP contribution in [0.2, 0.25) is 0 Å². The summed E-state index contributed by atoms with van der Waals surface area (Å²) in [7, 11) is 0. The van der Waals surface area contributed by atoms with E-state index in [0.29, 0.717) is 12.1 Å². The van der Waals surface area contributed by atoms with Crippen LogP contribution in [-0.4, -0.2) is 74.5 Å². The van der Waals surface area contributed by atoms with E-state index < -0.39 is 0 Å². The Bertz CT molecular complexity index is 248. The molecule has 0 radical (unpaired) electrons. The highest BCUT2D eigenvalue weighted by molar-refractivity contribution is 4.88. The molecule has 0 aromatic rings. The Morgan fingerprint density at radius 1 is 0.682 bits per heavy atom. The third kappa shape index (κ3) is 5.48. The van der Waals surface area contributed by atoms with Crippen molar-refractivity contribution in [3.05, 3.63) is 0 Å². The molecule has 0 N–H and O–H groups in total. The Balaban J connectivity index is 2.05. The van der Waals surface area contributed by atoms with E-state index in [9.17, 15) is 0 Å². The van der Waals surface area contributed by atoms with Crippen LogP contribution in [0.15, 0.2) is 0 Å². The van der Waals surface area contributed by atoms with Crippen LogP contribution >= 0.6 is 0 Å². The van der Waals surface area contributed by atoms with Gasteiger partial charge in [0.25, 0.3) is 0 Å². The van der Waals surface area contributed by atoms with Gasteiger partial charge < -0.3 is 9.47 Å². The Kier molecular flexibility index (Phi) is 8.75. The molecule has 2 fully saturated rings. The molecule has 0 aromatic heterocycles. The van der Waals surface area contributed by atoms with Gasteiger partial charge in [0.05, 0.1) is 26.4 Å². The van der Waals surface area contributed by atoms with E-state index in [4.69, 9.17) is 9.47 Å². The molecule has 2 aliphatic heterocycles. The standard InChI is InChI=1S/C18H36N2O2/c1-3-5-7-17(19-9-13-21-14-10-19)18(8-6-4-2)20-11-15-22-16-12-20/h17-18H,3-16H2,1-2H3. The molecule has 22 heavy (non-hydrogen) atoms. The third-order valence-corrected chi connectivity index (χ3v) is 5.18. The molecule has 2 rings (SSSR count). The van der Waals surface area contributed by atoms with E-state index in [-0.39, 0.29) is 0 Å². The molecule has 2 saturated heterocycles. The summed E-state index contributed by atoms with van der Waals surface area (Å²) in [5, 5.41) is 0. The van der Waals surface area contributed by atoms with Crippen molar-refractivity contribution in [3.8, 4) is 0 Å². The highest BCUT2D eigenvalue weighted by Gasteiger charge is 2.32. The van der Waals surface area contributed by atoms with Gasteiger partial charge >= 0.3 is 0 Å². The van der Waals surface area contributed by atoms with Crippen LogP contribution in [0, 0.1) is 0 Å². The molecule has 0 spiro atoms. The van der Waals surface area contributed by atoms with Gasteiger partial charge in [-0.25, -0.2) is 0 Å². The molecule has 4 nitrogen and oxygen atoms in total. The number of unbranched alkanes of at least 4 members (excludes halogenated alkanes) is 2. The number of hydrogen-bond donors (Lipinski definition) is 0. The lowest BCUT2D eigenvalue weighted by molar-refractivity contribution is -0.0401. The average molecular weight is 312 g/mol. The molecule has 0 aliphatic carbocycles. The Hall–Kier alpha value is -0.160. The van der Waals surface area contributed by atoms with Gasteiger partial charge in [-0.1, -0.05) is 39.5 Å². The number of morpholine rings is 2. The number of hydrogen-bond acceptors (Lipinski definition) is 4. The van der Waals surface area contributed by atoms with Gasteiger partial charge in [0.15, 0.2) is 0 Å². The van der Waals surface area contributed by atoms with Crippen molar-refractivity contribution >= 4 is 0 Å². The van der Waals surface area contributed by atoms with Gasteiger partial charge in [0, 0.05) is 38.3 Å². The van der Waals surface area contributed by atoms with Crippen molar-refractivity contribution in [1.82, 2.24) is 9.80 Å². The highest BCUT2D eigenvalue weighted by atomic mass is 16.5. The molecule has 130 valence electrons. The molecule has 2 heterocycles. The molecule has 0 aromatic carbocycles. The molecule has 2 unspecified atom stereocenters. The number of rotatable bonds is 9. The molecule has 2 aliphatic rings. The van der Waals surface area contributed by atoms with Crippen molar-refractivity contribution < 1.29 is 9.47 Å². The van der Waals surface area contributed by atoms with Crippen LogP contribution in [-0.2, 0) is 9.47 Å². The predicted octanol–water partition coefficient (Wildman–Crippen LogP) is 2.77. The zero-order valence-electron chi connectivity index (χ0n) is 14.8. The quantitative estimate of drug-likeness (QED) is 0.653. The van der Waals surface area contributed by atoms with E-state index in [1.165, 1.54) is 38.5 Å². The molecule has 4 heteroatoms. The predicted molar refractivity (Wildman–Crippen MR) is 91.4 cm³/mol. The van der Waals surface area contributed by atoms with Crippen molar-refractivity contribution in [1.29, 1.82) is 0 Å². The minimum absolute atomic E-state index is 0.702. The van der Waals surface area contributed by atoms with Gasteiger partial charge in [-0.05, 0) is 12.8 Å². The van der Waals surface area contributed by atoms with Gasteiger partial charge in [0.2, 0.25) is 0 Å². The molecule has 2 atom stereocenters. The molecular weight excluding hydrogens is 276 g/mol. The second kappa shape index (κ2) is 10.6.